The van der Waals surface area contributed by atoms with E-state index in [1.54, 1.807) is 0 Å². The fraction of sp³-hybridized carbons (Fsp3) is 0.909. The van der Waals surface area contributed by atoms with Gasteiger partial charge in [0.15, 0.2) is 0 Å². The Morgan fingerprint density at radius 3 is 1.18 bits per heavy atom. The van der Waals surface area contributed by atoms with Crippen molar-refractivity contribution in [1.82, 2.24) is 0 Å². The van der Waals surface area contributed by atoms with Gasteiger partial charge in [-0.1, -0.05) is 27.7 Å². The number of Topliss-reactive ketones (excluding diaryl/α,β-unsaturated/α-hetero) is 2. The third kappa shape index (κ3) is 5.12. The summed E-state index contributed by atoms with van der Waals surface area (Å²) >= 11 is 0. The van der Waals surface area contributed by atoms with Crippen LogP contribution < -0.4 is 11.5 Å². The van der Waals surface area contributed by atoms with E-state index in [9.17, 15) is 26.4 Å². The molecule has 0 saturated heterocycles. The molecule has 8 N–H and O–H groups in total. The van der Waals surface area contributed by atoms with Crippen molar-refractivity contribution in [3.05, 3.63) is 0 Å². The minimum absolute atomic E-state index is 0.0152. The highest BCUT2D eigenvalue weighted by molar-refractivity contribution is 7.86. The van der Waals surface area contributed by atoms with E-state index in [0.29, 0.717) is 25.7 Å². The number of carbonyl (C=O) groups excluding carboxylic acids is 2. The second-order valence-electron chi connectivity index (χ2n) is 11.5. The van der Waals surface area contributed by atoms with Gasteiger partial charge in [-0.05, 0) is 48.3 Å². The molecule has 0 spiro atoms. The Labute approximate surface area is 203 Å². The molecule has 12 heteroatoms. The van der Waals surface area contributed by atoms with Crippen LogP contribution >= 0.6 is 0 Å². The molecule has 4 unspecified atom stereocenters. The first-order valence-corrected chi connectivity index (χ1v) is 15.1. The standard InChI is InChI=1S/2C10H16O4S.C2H8N2/c2*1-9(2)7-3-4-10(9,8(11)5-7)6-15(12,13)14;3-1-2-4/h2*7H,3-6H2,1-2H3,(H,12,13,14);1-4H2/p+2. The van der Waals surface area contributed by atoms with Crippen LogP contribution in [0.5, 0.6) is 0 Å². The average Bonchev–Trinajstić information content (AvgIpc) is 3.19. The highest BCUT2D eigenvalue weighted by Crippen LogP contribution is 2.65. The monoisotopic (exact) mass is 526 g/mol. The smallest absolute Gasteiger partial charge is 0.265 e. The molecule has 10 nitrogen and oxygen atoms in total. The molecule has 198 valence electrons. The zero-order valence-electron chi connectivity index (χ0n) is 20.8. The fourth-order valence-corrected chi connectivity index (χ4v) is 9.44. The molecule has 0 aromatic rings. The molecular formula is C22H42N2O8S2+2. The number of carbonyl (C=O) groups is 2. The number of hydrogen-bond acceptors (Lipinski definition) is 6. The fourth-order valence-electron chi connectivity index (χ4n) is 6.84. The maximum absolute atomic E-state index is 11.9. The summed E-state index contributed by atoms with van der Waals surface area (Å²) in [6, 6.07) is 0. The largest absolute Gasteiger partial charge is 0.353 e. The third-order valence-corrected chi connectivity index (χ3v) is 11.1. The molecule has 4 fully saturated rings. The highest BCUT2D eigenvalue weighted by Gasteiger charge is 2.66. The van der Waals surface area contributed by atoms with Gasteiger partial charge >= 0.3 is 0 Å². The average molecular weight is 527 g/mol. The topological polar surface area (TPSA) is 198 Å². The lowest BCUT2D eigenvalue weighted by atomic mass is 9.70. The lowest BCUT2D eigenvalue weighted by Gasteiger charge is -2.35. The molecule has 0 aromatic heterocycles. The minimum Gasteiger partial charge on any atom is -0.353 e. The summed E-state index contributed by atoms with van der Waals surface area (Å²) in [7, 11) is -8.15. The van der Waals surface area contributed by atoms with Gasteiger partial charge < -0.3 is 11.5 Å². The molecule has 4 rings (SSSR count). The van der Waals surface area contributed by atoms with Crippen molar-refractivity contribution in [3.63, 3.8) is 0 Å². The van der Waals surface area contributed by atoms with Crippen molar-refractivity contribution in [2.75, 3.05) is 24.6 Å². The number of hydrogen-bond donors (Lipinski definition) is 4. The van der Waals surface area contributed by atoms with Gasteiger partial charge in [0.05, 0.1) is 22.3 Å². The van der Waals surface area contributed by atoms with E-state index in [4.69, 9.17) is 9.11 Å². The zero-order valence-corrected chi connectivity index (χ0v) is 22.4. The van der Waals surface area contributed by atoms with E-state index >= 15 is 0 Å². The van der Waals surface area contributed by atoms with Crippen LogP contribution in [-0.4, -0.2) is 62.1 Å². The van der Waals surface area contributed by atoms with Crippen LogP contribution in [-0.2, 0) is 29.8 Å². The van der Waals surface area contributed by atoms with Crippen LogP contribution in [0, 0.1) is 33.5 Å². The summed E-state index contributed by atoms with van der Waals surface area (Å²) in [5, 5.41) is 0. The summed E-state index contributed by atoms with van der Waals surface area (Å²) < 4.78 is 62.0. The summed E-state index contributed by atoms with van der Waals surface area (Å²) in [6.45, 7) is 9.70. The molecule has 0 aliphatic heterocycles. The van der Waals surface area contributed by atoms with E-state index in [-0.39, 0.29) is 34.2 Å². The Morgan fingerprint density at radius 2 is 1.03 bits per heavy atom. The number of fused-ring (bicyclic) bond motifs is 4. The lowest BCUT2D eigenvalue weighted by Crippen LogP contribution is -2.64. The molecule has 0 radical (unpaired) electrons. The Morgan fingerprint density at radius 1 is 0.735 bits per heavy atom. The molecule has 34 heavy (non-hydrogen) atoms. The van der Waals surface area contributed by atoms with E-state index < -0.39 is 42.6 Å². The zero-order chi connectivity index (χ0) is 26.4. The molecular weight excluding hydrogens is 484 g/mol. The molecule has 4 saturated carbocycles. The van der Waals surface area contributed by atoms with Crippen molar-refractivity contribution in [2.45, 2.75) is 66.2 Å². The van der Waals surface area contributed by atoms with Gasteiger partial charge in [-0.25, -0.2) is 0 Å². The first-order chi connectivity index (χ1) is 15.3. The highest BCUT2D eigenvalue weighted by atomic mass is 32.2. The summed E-state index contributed by atoms with van der Waals surface area (Å²) in [5.74, 6) is -0.203. The minimum atomic E-state index is -4.08. The molecule has 0 aromatic carbocycles. The first-order valence-electron chi connectivity index (χ1n) is 11.8. The Hall–Kier alpha value is -0.920. The van der Waals surface area contributed by atoms with Gasteiger partial charge in [-0.2, -0.15) is 16.8 Å². The van der Waals surface area contributed by atoms with E-state index in [1.165, 1.54) is 0 Å². The predicted molar refractivity (Wildman–Crippen MR) is 125 cm³/mol. The van der Waals surface area contributed by atoms with Crippen molar-refractivity contribution >= 4 is 31.8 Å². The van der Waals surface area contributed by atoms with Crippen LogP contribution in [0.15, 0.2) is 0 Å². The lowest BCUT2D eigenvalue weighted by molar-refractivity contribution is -0.453. The van der Waals surface area contributed by atoms with Crippen LogP contribution in [0.2, 0.25) is 0 Å². The van der Waals surface area contributed by atoms with Gasteiger partial charge in [-0.15, -0.1) is 0 Å². The SMILES string of the molecule is CC1(C)C2CCC1(CS(=O)(=O)O)C(=O)C2.CC1(C)C2CCC1(CS(=O)(=O)O)C(=O)C2.[NH3+]CC[NH3+]. The van der Waals surface area contributed by atoms with Crippen LogP contribution in [0.1, 0.15) is 66.2 Å². The van der Waals surface area contributed by atoms with Crippen LogP contribution in [0.25, 0.3) is 0 Å². The van der Waals surface area contributed by atoms with E-state index in [1.807, 2.05) is 27.7 Å². The predicted octanol–water partition coefficient (Wildman–Crippen LogP) is 0.00940. The van der Waals surface area contributed by atoms with Gasteiger partial charge in [0, 0.05) is 12.8 Å². The van der Waals surface area contributed by atoms with Crippen molar-refractivity contribution in [1.29, 1.82) is 0 Å². The normalized spacial score (nSPS) is 34.9. The Balaban J connectivity index is 0.000000208. The van der Waals surface area contributed by atoms with Crippen LogP contribution in [0.3, 0.4) is 0 Å². The second-order valence-corrected chi connectivity index (χ2v) is 14.4. The van der Waals surface area contributed by atoms with Gasteiger partial charge in [0.25, 0.3) is 20.2 Å². The maximum atomic E-state index is 11.9. The summed E-state index contributed by atoms with van der Waals surface area (Å²) in [4.78, 5) is 23.8. The summed E-state index contributed by atoms with van der Waals surface area (Å²) in [6.07, 6.45) is 3.94. The van der Waals surface area contributed by atoms with Crippen molar-refractivity contribution < 1.29 is 47.0 Å². The first kappa shape index (κ1) is 29.3. The number of quaternary nitrogens is 2. The Bertz CT molecular complexity index is 940. The number of rotatable bonds is 5. The molecule has 4 atom stereocenters. The van der Waals surface area contributed by atoms with Gasteiger partial charge in [-0.3, -0.25) is 18.7 Å². The van der Waals surface area contributed by atoms with Gasteiger partial charge in [0.1, 0.15) is 24.7 Å². The maximum Gasteiger partial charge on any atom is 0.265 e. The molecule has 0 heterocycles. The summed E-state index contributed by atoms with van der Waals surface area (Å²) in [5.41, 5.74) is 4.84. The molecule has 4 bridgehead atoms. The van der Waals surface area contributed by atoms with Crippen molar-refractivity contribution in [2.24, 2.45) is 33.5 Å². The third-order valence-electron chi connectivity index (χ3n) is 9.39. The van der Waals surface area contributed by atoms with E-state index in [0.717, 1.165) is 25.9 Å². The molecule has 4 aliphatic rings. The van der Waals surface area contributed by atoms with Gasteiger partial charge in [0.2, 0.25) is 0 Å². The van der Waals surface area contributed by atoms with Crippen LogP contribution in [0.4, 0.5) is 0 Å². The van der Waals surface area contributed by atoms with E-state index in [2.05, 4.69) is 11.5 Å². The second kappa shape index (κ2) is 9.51. The molecule has 0 amide bonds. The quantitative estimate of drug-likeness (QED) is 0.359. The van der Waals surface area contributed by atoms with Crippen molar-refractivity contribution in [3.8, 4) is 0 Å². The molecule has 4 aliphatic carbocycles. The Kier molecular flexibility index (Phi) is 8.20. The number of ketones is 2.